The van der Waals surface area contributed by atoms with Crippen LogP contribution in [-0.4, -0.2) is 66.0 Å². The first-order chi connectivity index (χ1) is 12.2. The summed E-state index contributed by atoms with van der Waals surface area (Å²) in [5, 5.41) is 0. The van der Waals surface area contributed by atoms with Crippen LogP contribution >= 0.6 is 0 Å². The Bertz CT molecular complexity index is 515. The van der Waals surface area contributed by atoms with Crippen LogP contribution in [0.2, 0.25) is 0 Å². The Kier molecular flexibility index (Phi) is 17.7. The summed E-state index contributed by atoms with van der Waals surface area (Å²) in [6.07, 6.45) is 12.3. The molecule has 0 saturated carbocycles. The van der Waals surface area contributed by atoms with Gasteiger partial charge in [-0.1, -0.05) is 82.9 Å². The summed E-state index contributed by atoms with van der Waals surface area (Å²) in [4.78, 5) is 0.238. The molecule has 2 radical (unpaired) electrons. The van der Waals surface area contributed by atoms with E-state index in [-0.39, 0.29) is 49.2 Å². The fourth-order valence-corrected chi connectivity index (χ4v) is 3.38. The third kappa shape index (κ3) is 15.4. The maximum Gasteiger partial charge on any atom is 0.296 e. The molecule has 146 valence electrons. The van der Waals surface area contributed by atoms with Crippen molar-refractivity contribution < 1.29 is 17.3 Å². The molecule has 4 nitrogen and oxygen atoms in total. The van der Waals surface area contributed by atoms with E-state index in [1.807, 2.05) is 0 Å². The Morgan fingerprint density at radius 1 is 0.846 bits per heavy atom. The minimum atomic E-state index is -3.57. The molecule has 1 aromatic carbocycles. The second kappa shape index (κ2) is 17.4. The van der Waals surface area contributed by atoms with Crippen molar-refractivity contribution in [2.24, 2.45) is 0 Å². The summed E-state index contributed by atoms with van der Waals surface area (Å²) in [6.45, 7) is 4.52. The number of hydrogen-bond donors (Lipinski definition) is 0. The van der Waals surface area contributed by atoms with Crippen molar-refractivity contribution in [3.63, 3.8) is 0 Å². The maximum absolute atomic E-state index is 11.9. The van der Waals surface area contributed by atoms with Crippen LogP contribution in [0.25, 0.3) is 0 Å². The first-order valence-corrected chi connectivity index (χ1v) is 11.1. The zero-order valence-corrected chi connectivity index (χ0v) is 19.4. The van der Waals surface area contributed by atoms with E-state index >= 15 is 0 Å². The SMILES string of the molecule is C1CO1.CCCCCCCCCCCCOS(=O)(=O)c1ccccc1.[Ca]. The number of ether oxygens (including phenoxy) is 1. The van der Waals surface area contributed by atoms with Gasteiger partial charge in [0.1, 0.15) is 0 Å². The average molecular weight is 411 g/mol. The minimum absolute atomic E-state index is 0. The van der Waals surface area contributed by atoms with Gasteiger partial charge in [0, 0.05) is 37.7 Å². The second-order valence-corrected chi connectivity index (χ2v) is 8.00. The van der Waals surface area contributed by atoms with Crippen molar-refractivity contribution in [2.45, 2.75) is 76.0 Å². The van der Waals surface area contributed by atoms with E-state index < -0.39 is 10.1 Å². The fraction of sp³-hybridized carbons (Fsp3) is 0.700. The molecule has 2 rings (SSSR count). The molecule has 0 amide bonds. The van der Waals surface area contributed by atoms with Gasteiger partial charge in [-0.2, -0.15) is 8.42 Å². The van der Waals surface area contributed by atoms with E-state index in [1.54, 1.807) is 30.3 Å². The second-order valence-electron chi connectivity index (χ2n) is 6.38. The normalized spacial score (nSPS) is 12.7. The Morgan fingerprint density at radius 2 is 1.31 bits per heavy atom. The van der Waals surface area contributed by atoms with Crippen LogP contribution < -0.4 is 0 Å². The Hall–Kier alpha value is 0.350. The van der Waals surface area contributed by atoms with Gasteiger partial charge in [0.25, 0.3) is 10.1 Å². The van der Waals surface area contributed by atoms with Crippen molar-refractivity contribution in [1.29, 1.82) is 0 Å². The van der Waals surface area contributed by atoms with Gasteiger partial charge < -0.3 is 4.74 Å². The smallest absolute Gasteiger partial charge is 0.296 e. The van der Waals surface area contributed by atoms with Crippen LogP contribution in [-0.2, 0) is 19.0 Å². The van der Waals surface area contributed by atoms with Gasteiger partial charge >= 0.3 is 0 Å². The van der Waals surface area contributed by atoms with Crippen LogP contribution in [0, 0.1) is 0 Å². The minimum Gasteiger partial charge on any atom is -0.377 e. The van der Waals surface area contributed by atoms with Gasteiger partial charge in [-0.25, -0.2) is 0 Å². The first-order valence-electron chi connectivity index (χ1n) is 9.69. The van der Waals surface area contributed by atoms with Crippen molar-refractivity contribution in [2.75, 3.05) is 19.8 Å². The quantitative estimate of drug-likeness (QED) is 0.200. The van der Waals surface area contributed by atoms with Crippen LogP contribution in [0.1, 0.15) is 71.1 Å². The van der Waals surface area contributed by atoms with Gasteiger partial charge in [0.05, 0.1) is 24.7 Å². The summed E-state index contributed by atoms with van der Waals surface area (Å²) < 4.78 is 33.3. The van der Waals surface area contributed by atoms with Gasteiger partial charge in [0.2, 0.25) is 0 Å². The molecule has 0 aliphatic carbocycles. The summed E-state index contributed by atoms with van der Waals surface area (Å²) in [6, 6.07) is 8.33. The zero-order valence-electron chi connectivity index (χ0n) is 16.3. The number of epoxide rings is 1. The average Bonchev–Trinajstić information content (AvgIpc) is 3.49. The molecule has 1 aromatic rings. The molecule has 0 N–H and O–H groups in total. The molecule has 1 aliphatic rings. The number of unbranched alkanes of at least 4 members (excludes halogenated alkanes) is 9. The Balaban J connectivity index is 0.00000141. The number of rotatable bonds is 13. The number of benzene rings is 1. The molecule has 0 atom stereocenters. The Labute approximate surface area is 190 Å². The van der Waals surface area contributed by atoms with Crippen LogP contribution in [0.3, 0.4) is 0 Å². The molecule has 1 saturated heterocycles. The predicted molar refractivity (Wildman–Crippen MR) is 108 cm³/mol. The summed E-state index contributed by atoms with van der Waals surface area (Å²) >= 11 is 0. The third-order valence-electron chi connectivity index (χ3n) is 3.97. The van der Waals surface area contributed by atoms with Crippen molar-refractivity contribution in [3.8, 4) is 0 Å². The maximum atomic E-state index is 11.9. The van der Waals surface area contributed by atoms with E-state index in [0.29, 0.717) is 0 Å². The largest absolute Gasteiger partial charge is 0.377 e. The molecule has 1 fully saturated rings. The molecular weight excluding hydrogens is 376 g/mol. The van der Waals surface area contributed by atoms with E-state index in [1.165, 1.54) is 51.4 Å². The molecule has 26 heavy (non-hydrogen) atoms. The molecular formula is C20H34CaO4S. The fourth-order valence-electron chi connectivity index (χ4n) is 2.41. The molecule has 1 heterocycles. The molecule has 6 heteroatoms. The van der Waals surface area contributed by atoms with Crippen LogP contribution in [0.5, 0.6) is 0 Å². The zero-order chi connectivity index (χ0) is 18.2. The summed E-state index contributed by atoms with van der Waals surface area (Å²) in [5.41, 5.74) is 0. The van der Waals surface area contributed by atoms with E-state index in [0.717, 1.165) is 26.1 Å². The predicted octanol–water partition coefficient (Wildman–Crippen LogP) is 4.95. The van der Waals surface area contributed by atoms with E-state index in [4.69, 9.17) is 4.18 Å². The van der Waals surface area contributed by atoms with Crippen molar-refractivity contribution >= 4 is 47.9 Å². The van der Waals surface area contributed by atoms with Crippen LogP contribution in [0.4, 0.5) is 0 Å². The summed E-state index contributed by atoms with van der Waals surface area (Å²) in [5.74, 6) is 0. The van der Waals surface area contributed by atoms with Gasteiger partial charge in [-0.05, 0) is 18.6 Å². The van der Waals surface area contributed by atoms with Crippen molar-refractivity contribution in [3.05, 3.63) is 30.3 Å². The van der Waals surface area contributed by atoms with Crippen molar-refractivity contribution in [1.82, 2.24) is 0 Å². The number of hydrogen-bond acceptors (Lipinski definition) is 4. The van der Waals surface area contributed by atoms with E-state index in [9.17, 15) is 8.42 Å². The molecule has 1 aliphatic heterocycles. The topological polar surface area (TPSA) is 55.9 Å². The Morgan fingerprint density at radius 3 is 1.77 bits per heavy atom. The van der Waals surface area contributed by atoms with Gasteiger partial charge in [-0.3, -0.25) is 4.18 Å². The monoisotopic (exact) mass is 410 g/mol. The molecule has 0 spiro atoms. The molecule has 0 aromatic heterocycles. The van der Waals surface area contributed by atoms with Gasteiger partial charge in [0.15, 0.2) is 0 Å². The van der Waals surface area contributed by atoms with Crippen LogP contribution in [0.15, 0.2) is 35.2 Å². The first kappa shape index (κ1) is 26.3. The summed E-state index contributed by atoms with van der Waals surface area (Å²) in [7, 11) is -3.57. The molecule has 0 unspecified atom stereocenters. The van der Waals surface area contributed by atoms with Gasteiger partial charge in [-0.15, -0.1) is 0 Å². The van der Waals surface area contributed by atoms with E-state index in [2.05, 4.69) is 11.7 Å². The third-order valence-corrected chi connectivity index (χ3v) is 5.30. The molecule has 0 bridgehead atoms. The standard InChI is InChI=1S/C18H30O3S.C2H4O.Ca/c1-2-3-4-5-6-7-8-9-10-14-17-21-22(19,20)18-15-12-11-13-16-18;1-2-3-1;/h11-13,15-16H,2-10,14,17H2,1H3;1-2H2;.